The van der Waals surface area contributed by atoms with Crippen LogP contribution < -0.4 is 0 Å². The highest BCUT2D eigenvalue weighted by atomic mass is 16.8. The molecule has 3 heterocycles. The van der Waals surface area contributed by atoms with Crippen LogP contribution in [0.3, 0.4) is 0 Å². The van der Waals surface area contributed by atoms with Crippen molar-refractivity contribution in [3.63, 3.8) is 0 Å². The molecule has 3 nitrogen and oxygen atoms in total. The molecule has 0 amide bonds. The van der Waals surface area contributed by atoms with Gasteiger partial charge in [-0.3, -0.25) is 0 Å². The van der Waals surface area contributed by atoms with E-state index in [2.05, 4.69) is 13.8 Å². The molecule has 0 bridgehead atoms. The highest BCUT2D eigenvalue weighted by molar-refractivity contribution is 4.91. The third-order valence-electron chi connectivity index (χ3n) is 4.43. The maximum Gasteiger partial charge on any atom is 0.172 e. The molecule has 3 aliphatic heterocycles. The number of hydrogen-bond donors (Lipinski definition) is 0. The van der Waals surface area contributed by atoms with Crippen molar-refractivity contribution in [3.8, 4) is 0 Å². The van der Waals surface area contributed by atoms with Gasteiger partial charge in [-0.05, 0) is 39.5 Å². The van der Waals surface area contributed by atoms with E-state index in [0.29, 0.717) is 12.2 Å². The van der Waals surface area contributed by atoms with Crippen molar-refractivity contribution < 1.29 is 14.2 Å². The highest BCUT2D eigenvalue weighted by Crippen LogP contribution is 2.49. The summed E-state index contributed by atoms with van der Waals surface area (Å²) in [4.78, 5) is 0. The lowest BCUT2D eigenvalue weighted by atomic mass is 9.96. The Hall–Kier alpha value is -0.120. The molecule has 17 heavy (non-hydrogen) atoms. The van der Waals surface area contributed by atoms with Gasteiger partial charge < -0.3 is 14.2 Å². The topological polar surface area (TPSA) is 27.7 Å². The number of hydrogen-bond acceptors (Lipinski definition) is 3. The first kappa shape index (κ1) is 11.9. The summed E-state index contributed by atoms with van der Waals surface area (Å²) in [6, 6.07) is 0. The van der Waals surface area contributed by atoms with Crippen LogP contribution in [0.4, 0.5) is 0 Å². The second-order valence-corrected chi connectivity index (χ2v) is 6.06. The third-order valence-corrected chi connectivity index (χ3v) is 4.43. The van der Waals surface area contributed by atoms with Gasteiger partial charge in [0.1, 0.15) is 0 Å². The van der Waals surface area contributed by atoms with Gasteiger partial charge >= 0.3 is 0 Å². The van der Waals surface area contributed by atoms with Gasteiger partial charge in [0.25, 0.3) is 0 Å². The fourth-order valence-corrected chi connectivity index (χ4v) is 3.63. The summed E-state index contributed by atoms with van der Waals surface area (Å²) in [6.07, 6.45) is 9.51. The zero-order valence-electron chi connectivity index (χ0n) is 11.0. The van der Waals surface area contributed by atoms with E-state index in [1.54, 1.807) is 0 Å². The lowest BCUT2D eigenvalue weighted by Gasteiger charge is -2.42. The zero-order chi connectivity index (χ0) is 11.9. The average molecular weight is 240 g/mol. The first-order valence-electron chi connectivity index (χ1n) is 7.17. The van der Waals surface area contributed by atoms with Gasteiger partial charge in [-0.2, -0.15) is 0 Å². The summed E-state index contributed by atoms with van der Waals surface area (Å²) in [5.41, 5.74) is 0. The average Bonchev–Trinajstić information content (AvgIpc) is 2.56. The summed E-state index contributed by atoms with van der Waals surface area (Å²) in [5.74, 6) is -0.649. The van der Waals surface area contributed by atoms with E-state index in [4.69, 9.17) is 14.2 Å². The molecule has 3 rings (SSSR count). The van der Waals surface area contributed by atoms with Crippen LogP contribution in [0.1, 0.15) is 65.2 Å². The minimum absolute atomic E-state index is 0.325. The van der Waals surface area contributed by atoms with Crippen molar-refractivity contribution in [1.29, 1.82) is 0 Å². The first-order valence-corrected chi connectivity index (χ1v) is 7.17. The molecule has 0 aromatic carbocycles. The summed E-state index contributed by atoms with van der Waals surface area (Å²) in [6.45, 7) is 4.30. The van der Waals surface area contributed by atoms with Gasteiger partial charge in [-0.15, -0.1) is 0 Å². The highest BCUT2D eigenvalue weighted by Gasteiger charge is 2.53. The van der Waals surface area contributed by atoms with E-state index < -0.39 is 0 Å². The van der Waals surface area contributed by atoms with E-state index in [1.807, 2.05) is 0 Å². The molecule has 3 saturated heterocycles. The van der Waals surface area contributed by atoms with Gasteiger partial charge in [0.15, 0.2) is 11.6 Å². The molecule has 3 fully saturated rings. The van der Waals surface area contributed by atoms with Gasteiger partial charge in [-0.1, -0.05) is 0 Å². The van der Waals surface area contributed by atoms with Gasteiger partial charge in [0.05, 0.1) is 12.2 Å². The van der Waals surface area contributed by atoms with E-state index >= 15 is 0 Å². The molecule has 0 saturated carbocycles. The Kier molecular flexibility index (Phi) is 2.96. The smallest absolute Gasteiger partial charge is 0.172 e. The molecule has 0 aromatic rings. The largest absolute Gasteiger partial charge is 0.347 e. The van der Waals surface area contributed by atoms with Crippen molar-refractivity contribution in [2.24, 2.45) is 0 Å². The maximum atomic E-state index is 6.31. The van der Waals surface area contributed by atoms with Crippen LogP contribution in [-0.4, -0.2) is 23.8 Å². The van der Waals surface area contributed by atoms with Crippen LogP contribution in [0.25, 0.3) is 0 Å². The lowest BCUT2D eigenvalue weighted by Crippen LogP contribution is -2.46. The second kappa shape index (κ2) is 4.22. The number of rotatable bonds is 0. The molecular weight excluding hydrogens is 216 g/mol. The Balaban J connectivity index is 1.71. The van der Waals surface area contributed by atoms with E-state index in [9.17, 15) is 0 Å². The van der Waals surface area contributed by atoms with Gasteiger partial charge in [-0.25, -0.2) is 0 Å². The van der Waals surface area contributed by atoms with E-state index in [-0.39, 0.29) is 11.6 Å². The van der Waals surface area contributed by atoms with Crippen molar-refractivity contribution >= 4 is 0 Å². The van der Waals surface area contributed by atoms with Crippen molar-refractivity contribution in [1.82, 2.24) is 0 Å². The molecule has 0 unspecified atom stereocenters. The Morgan fingerprint density at radius 3 is 1.65 bits per heavy atom. The van der Waals surface area contributed by atoms with Crippen molar-refractivity contribution in [3.05, 3.63) is 0 Å². The summed E-state index contributed by atoms with van der Waals surface area (Å²) in [5, 5.41) is 0. The fourth-order valence-electron chi connectivity index (χ4n) is 3.63. The Labute approximate surface area is 104 Å². The standard InChI is InChI=1S/C14H24O3/c1-11-5-3-7-13(15-11)9-10-14(17-13)8-4-6-12(2)16-14/h11-12H,3-10H2,1-2H3/t11-,12-,13+,14+/m1/s1. The summed E-state index contributed by atoms with van der Waals surface area (Å²) < 4.78 is 18.5. The van der Waals surface area contributed by atoms with Crippen LogP contribution in [-0.2, 0) is 14.2 Å². The van der Waals surface area contributed by atoms with Crippen molar-refractivity contribution in [2.75, 3.05) is 0 Å². The minimum atomic E-state index is -0.325. The normalized spacial score (nSPS) is 51.2. The van der Waals surface area contributed by atoms with Crippen LogP contribution in [0.2, 0.25) is 0 Å². The molecule has 0 aliphatic carbocycles. The Morgan fingerprint density at radius 1 is 0.765 bits per heavy atom. The fraction of sp³-hybridized carbons (Fsp3) is 1.00. The Bertz CT molecular complexity index is 265. The summed E-state index contributed by atoms with van der Waals surface area (Å²) in [7, 11) is 0. The van der Waals surface area contributed by atoms with E-state index in [0.717, 1.165) is 38.5 Å². The lowest BCUT2D eigenvalue weighted by molar-refractivity contribution is -0.355. The summed E-state index contributed by atoms with van der Waals surface area (Å²) >= 11 is 0. The molecule has 3 aliphatic rings. The van der Waals surface area contributed by atoms with Gasteiger partial charge in [0.2, 0.25) is 0 Å². The van der Waals surface area contributed by atoms with Gasteiger partial charge in [0, 0.05) is 25.7 Å². The SMILES string of the molecule is C[C@@H]1CCC[C@]2(CC[C@]3(CCC[C@@H](C)O3)O2)O1. The predicted molar refractivity (Wildman–Crippen MR) is 64.6 cm³/mol. The first-order chi connectivity index (χ1) is 8.12. The minimum Gasteiger partial charge on any atom is -0.347 e. The molecule has 0 radical (unpaired) electrons. The Morgan fingerprint density at radius 2 is 1.24 bits per heavy atom. The molecule has 0 aromatic heterocycles. The second-order valence-electron chi connectivity index (χ2n) is 6.06. The van der Waals surface area contributed by atoms with Crippen LogP contribution >= 0.6 is 0 Å². The van der Waals surface area contributed by atoms with Crippen LogP contribution in [0, 0.1) is 0 Å². The predicted octanol–water partition coefficient (Wildman–Crippen LogP) is 3.37. The van der Waals surface area contributed by atoms with Crippen LogP contribution in [0.5, 0.6) is 0 Å². The van der Waals surface area contributed by atoms with E-state index in [1.165, 1.54) is 12.8 Å². The number of ether oxygens (including phenoxy) is 3. The molecule has 4 atom stereocenters. The zero-order valence-corrected chi connectivity index (χ0v) is 11.0. The quantitative estimate of drug-likeness (QED) is 0.649. The molecular formula is C14H24O3. The monoisotopic (exact) mass is 240 g/mol. The molecule has 0 N–H and O–H groups in total. The molecule has 98 valence electrons. The third kappa shape index (κ3) is 2.25. The van der Waals surface area contributed by atoms with Crippen LogP contribution in [0.15, 0.2) is 0 Å². The maximum absolute atomic E-state index is 6.31. The molecule has 2 spiro atoms. The van der Waals surface area contributed by atoms with Crippen molar-refractivity contribution in [2.45, 2.75) is 89.0 Å². The molecule has 3 heteroatoms.